The van der Waals surface area contributed by atoms with Crippen molar-refractivity contribution < 1.29 is 19.4 Å². The fourth-order valence-corrected chi connectivity index (χ4v) is 5.73. The average molecular weight is 523 g/mol. The van der Waals surface area contributed by atoms with E-state index in [0.717, 1.165) is 58.4 Å². The SMILES string of the molecule is CN(C)C(=O)c1ccc2c(c1)OC(c1ccc(OCCN3CCCCC3)cc1)c1c-2ccc2cc(O)ccc12. The molecule has 1 saturated heterocycles. The Balaban J connectivity index is 1.34. The molecule has 6 rings (SSSR count). The van der Waals surface area contributed by atoms with E-state index in [1.54, 1.807) is 31.1 Å². The summed E-state index contributed by atoms with van der Waals surface area (Å²) < 4.78 is 12.7. The molecule has 6 heteroatoms. The van der Waals surface area contributed by atoms with Crippen LogP contribution < -0.4 is 9.47 Å². The first-order chi connectivity index (χ1) is 19.0. The summed E-state index contributed by atoms with van der Waals surface area (Å²) >= 11 is 0. The van der Waals surface area contributed by atoms with Crippen LogP contribution in [-0.4, -0.2) is 61.2 Å². The fourth-order valence-electron chi connectivity index (χ4n) is 5.73. The van der Waals surface area contributed by atoms with Crippen LogP contribution in [0.15, 0.2) is 72.8 Å². The molecule has 2 heterocycles. The van der Waals surface area contributed by atoms with Crippen molar-refractivity contribution in [3.63, 3.8) is 0 Å². The third-order valence-corrected chi connectivity index (χ3v) is 7.78. The molecular formula is C33H34N2O4. The van der Waals surface area contributed by atoms with Gasteiger partial charge in [-0.3, -0.25) is 9.69 Å². The van der Waals surface area contributed by atoms with E-state index in [0.29, 0.717) is 17.9 Å². The number of hydrogen-bond acceptors (Lipinski definition) is 5. The molecule has 39 heavy (non-hydrogen) atoms. The van der Waals surface area contributed by atoms with Crippen LogP contribution in [0, 0.1) is 0 Å². The Morgan fingerprint density at radius 1 is 0.949 bits per heavy atom. The number of likely N-dealkylation sites (tertiary alicyclic amines) is 1. The maximum absolute atomic E-state index is 12.7. The second-order valence-corrected chi connectivity index (χ2v) is 10.7. The highest BCUT2D eigenvalue weighted by atomic mass is 16.5. The lowest BCUT2D eigenvalue weighted by molar-refractivity contribution is 0.0827. The minimum Gasteiger partial charge on any atom is -0.508 e. The Morgan fingerprint density at radius 3 is 2.49 bits per heavy atom. The highest BCUT2D eigenvalue weighted by Gasteiger charge is 2.30. The van der Waals surface area contributed by atoms with Gasteiger partial charge in [0.2, 0.25) is 0 Å². The maximum Gasteiger partial charge on any atom is 0.253 e. The number of nitrogens with zero attached hydrogens (tertiary/aromatic N) is 2. The molecule has 1 unspecified atom stereocenters. The van der Waals surface area contributed by atoms with Gasteiger partial charge in [-0.25, -0.2) is 0 Å². The smallest absolute Gasteiger partial charge is 0.253 e. The van der Waals surface area contributed by atoms with Gasteiger partial charge >= 0.3 is 0 Å². The molecule has 200 valence electrons. The summed E-state index contributed by atoms with van der Waals surface area (Å²) in [5.41, 5.74) is 4.64. The molecule has 2 aliphatic rings. The zero-order valence-corrected chi connectivity index (χ0v) is 22.5. The van der Waals surface area contributed by atoms with Crippen LogP contribution in [-0.2, 0) is 0 Å². The van der Waals surface area contributed by atoms with Crippen molar-refractivity contribution in [2.75, 3.05) is 40.3 Å². The lowest BCUT2D eigenvalue weighted by Crippen LogP contribution is -2.33. The maximum atomic E-state index is 12.7. The number of benzene rings is 4. The zero-order valence-electron chi connectivity index (χ0n) is 22.5. The second kappa shape index (κ2) is 10.6. The number of phenolic OH excluding ortho intramolecular Hbond substituents is 1. The zero-order chi connectivity index (χ0) is 26.9. The molecule has 1 fully saturated rings. The van der Waals surface area contributed by atoms with Gasteiger partial charge in [0.1, 0.15) is 23.9 Å². The molecule has 0 bridgehead atoms. The Bertz CT molecular complexity index is 1510. The van der Waals surface area contributed by atoms with E-state index in [2.05, 4.69) is 23.1 Å². The average Bonchev–Trinajstić information content (AvgIpc) is 2.96. The van der Waals surface area contributed by atoms with Gasteiger partial charge < -0.3 is 19.5 Å². The van der Waals surface area contributed by atoms with Crippen LogP contribution in [0.1, 0.15) is 46.9 Å². The minimum atomic E-state index is -0.382. The van der Waals surface area contributed by atoms with Crippen LogP contribution >= 0.6 is 0 Å². The van der Waals surface area contributed by atoms with E-state index in [1.807, 2.05) is 42.5 Å². The van der Waals surface area contributed by atoms with E-state index < -0.39 is 0 Å². The van der Waals surface area contributed by atoms with E-state index in [4.69, 9.17) is 9.47 Å². The third-order valence-electron chi connectivity index (χ3n) is 7.78. The quantitative estimate of drug-likeness (QED) is 0.324. The number of piperidine rings is 1. The predicted molar refractivity (Wildman–Crippen MR) is 154 cm³/mol. The molecule has 1 atom stereocenters. The Labute approximate surface area is 229 Å². The van der Waals surface area contributed by atoms with Crippen molar-refractivity contribution in [2.45, 2.75) is 25.4 Å². The standard InChI is InChI=1S/C33H34N2O4/c1-34(2)33(37)24-9-13-28-29-14-8-23-20-25(36)10-15-27(23)31(29)32(39-30(28)21-24)22-6-11-26(12-7-22)38-19-18-35-16-4-3-5-17-35/h6-15,20-21,32,36H,3-5,16-19H2,1-2H3. The van der Waals surface area contributed by atoms with Gasteiger partial charge in [-0.15, -0.1) is 0 Å². The van der Waals surface area contributed by atoms with Crippen molar-refractivity contribution in [1.29, 1.82) is 0 Å². The minimum absolute atomic E-state index is 0.0659. The summed E-state index contributed by atoms with van der Waals surface area (Å²) in [6, 6.07) is 23.3. The van der Waals surface area contributed by atoms with Gasteiger partial charge in [-0.2, -0.15) is 0 Å². The number of amides is 1. The second-order valence-electron chi connectivity index (χ2n) is 10.7. The molecule has 4 aromatic carbocycles. The normalized spacial score (nSPS) is 16.7. The topological polar surface area (TPSA) is 62.2 Å². The number of ether oxygens (including phenoxy) is 2. The largest absolute Gasteiger partial charge is 0.508 e. The molecule has 0 aliphatic carbocycles. The fraction of sp³-hybridized carbons (Fsp3) is 0.303. The van der Waals surface area contributed by atoms with Gasteiger partial charge in [-0.1, -0.05) is 36.8 Å². The first kappa shape index (κ1) is 25.3. The molecule has 6 nitrogen and oxygen atoms in total. The monoisotopic (exact) mass is 522 g/mol. The van der Waals surface area contributed by atoms with Gasteiger partial charge in [0.25, 0.3) is 5.91 Å². The Morgan fingerprint density at radius 2 is 1.72 bits per heavy atom. The predicted octanol–water partition coefficient (Wildman–Crippen LogP) is 6.26. The number of phenols is 1. The summed E-state index contributed by atoms with van der Waals surface area (Å²) in [6.45, 7) is 3.95. The molecule has 1 amide bonds. The molecular weight excluding hydrogens is 488 g/mol. The van der Waals surface area contributed by atoms with Gasteiger partial charge in [0.15, 0.2) is 6.10 Å². The van der Waals surface area contributed by atoms with E-state index >= 15 is 0 Å². The number of hydrogen-bond donors (Lipinski definition) is 1. The lowest BCUT2D eigenvalue weighted by Gasteiger charge is -2.31. The van der Waals surface area contributed by atoms with Crippen LogP contribution in [0.25, 0.3) is 21.9 Å². The Kier molecular flexibility index (Phi) is 6.88. The van der Waals surface area contributed by atoms with Crippen molar-refractivity contribution in [2.24, 2.45) is 0 Å². The van der Waals surface area contributed by atoms with Gasteiger partial charge in [-0.05, 0) is 90.3 Å². The molecule has 0 aromatic heterocycles. The van der Waals surface area contributed by atoms with Crippen molar-refractivity contribution >= 4 is 16.7 Å². The van der Waals surface area contributed by atoms with E-state index in [9.17, 15) is 9.90 Å². The number of rotatable bonds is 6. The summed E-state index contributed by atoms with van der Waals surface area (Å²) in [7, 11) is 3.50. The van der Waals surface area contributed by atoms with Crippen molar-refractivity contribution in [3.8, 4) is 28.4 Å². The summed E-state index contributed by atoms with van der Waals surface area (Å²) in [6.07, 6.45) is 3.51. The molecule has 2 aliphatic heterocycles. The van der Waals surface area contributed by atoms with E-state index in [-0.39, 0.29) is 17.8 Å². The summed E-state index contributed by atoms with van der Waals surface area (Å²) in [5, 5.41) is 12.1. The number of aromatic hydroxyl groups is 1. The van der Waals surface area contributed by atoms with Crippen LogP contribution in [0.4, 0.5) is 0 Å². The summed E-state index contributed by atoms with van der Waals surface area (Å²) in [5.74, 6) is 1.69. The van der Waals surface area contributed by atoms with Gasteiger partial charge in [0.05, 0.1) is 0 Å². The van der Waals surface area contributed by atoms with Crippen molar-refractivity contribution in [1.82, 2.24) is 9.80 Å². The Hall–Kier alpha value is -4.03. The summed E-state index contributed by atoms with van der Waals surface area (Å²) in [4.78, 5) is 16.7. The number of carbonyl (C=O) groups excluding carboxylic acids is 1. The van der Waals surface area contributed by atoms with Crippen LogP contribution in [0.3, 0.4) is 0 Å². The third kappa shape index (κ3) is 5.04. The molecule has 0 saturated carbocycles. The molecule has 0 radical (unpaired) electrons. The number of fused-ring (bicyclic) bond motifs is 5. The molecule has 4 aromatic rings. The van der Waals surface area contributed by atoms with Crippen LogP contribution in [0.2, 0.25) is 0 Å². The lowest BCUT2D eigenvalue weighted by atomic mass is 9.85. The highest BCUT2D eigenvalue weighted by Crippen LogP contribution is 2.48. The van der Waals surface area contributed by atoms with Crippen molar-refractivity contribution in [3.05, 3.63) is 89.5 Å². The first-order valence-electron chi connectivity index (χ1n) is 13.7. The number of carbonyl (C=O) groups is 1. The highest BCUT2D eigenvalue weighted by molar-refractivity contribution is 5.98. The first-order valence-corrected chi connectivity index (χ1v) is 13.7. The van der Waals surface area contributed by atoms with Gasteiger partial charge in [0, 0.05) is 37.3 Å². The molecule has 0 spiro atoms. The van der Waals surface area contributed by atoms with Crippen LogP contribution in [0.5, 0.6) is 17.2 Å². The van der Waals surface area contributed by atoms with E-state index in [1.165, 1.54) is 19.3 Å². The molecule has 1 N–H and O–H groups in total.